The second kappa shape index (κ2) is 8.21. The van der Waals surface area contributed by atoms with Gasteiger partial charge in [0.2, 0.25) is 5.91 Å². The molecule has 0 bridgehead atoms. The molecule has 8 heteroatoms. The van der Waals surface area contributed by atoms with Gasteiger partial charge in [-0.3, -0.25) is 4.79 Å². The molecule has 0 aliphatic rings. The highest BCUT2D eigenvalue weighted by Crippen LogP contribution is 2.17. The van der Waals surface area contributed by atoms with Crippen LogP contribution in [0.2, 0.25) is 0 Å². The Morgan fingerprint density at radius 3 is 2.54 bits per heavy atom. The van der Waals surface area contributed by atoms with E-state index in [1.54, 1.807) is 18.2 Å². The molecule has 0 radical (unpaired) electrons. The van der Waals surface area contributed by atoms with Gasteiger partial charge in [-0.2, -0.15) is 0 Å². The van der Waals surface area contributed by atoms with E-state index in [4.69, 9.17) is 10.5 Å². The zero-order valence-electron chi connectivity index (χ0n) is 12.6. The molecule has 0 aliphatic carbocycles. The molecule has 0 aromatic heterocycles. The Balaban J connectivity index is 1.80. The van der Waals surface area contributed by atoms with Crippen molar-refractivity contribution >= 4 is 30.4 Å². The van der Waals surface area contributed by atoms with Crippen molar-refractivity contribution < 1.29 is 18.7 Å². The first-order valence-corrected chi connectivity index (χ1v) is 7.42. The first-order chi connectivity index (χ1) is 11.5. The summed E-state index contributed by atoms with van der Waals surface area (Å²) < 4.78 is 19.4. The second-order valence-electron chi connectivity index (χ2n) is 4.76. The van der Waals surface area contributed by atoms with Crippen LogP contribution in [0.25, 0.3) is 0 Å². The molecule has 0 aliphatic heterocycles. The summed E-state index contributed by atoms with van der Waals surface area (Å²) in [6, 6.07) is 11.4. The Labute approximate surface area is 143 Å². The van der Waals surface area contributed by atoms with Gasteiger partial charge in [-0.1, -0.05) is 18.9 Å². The van der Waals surface area contributed by atoms with Crippen molar-refractivity contribution in [2.45, 2.75) is 0 Å². The van der Waals surface area contributed by atoms with Crippen LogP contribution in [0.4, 0.5) is 14.9 Å². The largest absolute Gasteiger partial charge is 0.492 e. The number of nitrogens with two attached hydrogens (primary N) is 1. The molecule has 3 amide bonds. The number of carbonyl (C=O) groups is 2. The van der Waals surface area contributed by atoms with E-state index in [1.165, 1.54) is 30.3 Å². The fourth-order valence-corrected chi connectivity index (χ4v) is 2.05. The van der Waals surface area contributed by atoms with Gasteiger partial charge in [0.25, 0.3) is 0 Å². The number of carbonyl (C=O) groups excluding carboxylic acids is 2. The standard InChI is InChI=1S/C16H16FN3O3S/c17-12-2-1-3-14(10-12)23-9-8-19-16(22)20(24)13-6-4-11(5-7-13)15(18)21/h1-7,10,24H,8-9H2,(H2,18,21)(H,19,22). The summed E-state index contributed by atoms with van der Waals surface area (Å²) in [5, 5.41) is 2.60. The second-order valence-corrected chi connectivity index (χ2v) is 5.16. The minimum Gasteiger partial charge on any atom is -0.492 e. The maximum atomic E-state index is 13.0. The van der Waals surface area contributed by atoms with Crippen LogP contribution in [-0.2, 0) is 0 Å². The molecule has 6 nitrogen and oxygen atoms in total. The Kier molecular flexibility index (Phi) is 6.02. The third-order valence-corrected chi connectivity index (χ3v) is 3.44. The summed E-state index contributed by atoms with van der Waals surface area (Å²) in [6.07, 6.45) is 0. The summed E-state index contributed by atoms with van der Waals surface area (Å²) in [7, 11) is 0. The average Bonchev–Trinajstić information content (AvgIpc) is 2.58. The van der Waals surface area contributed by atoms with Gasteiger partial charge in [0.15, 0.2) is 0 Å². The van der Waals surface area contributed by atoms with Gasteiger partial charge < -0.3 is 15.8 Å². The molecule has 0 heterocycles. The fraction of sp³-hybridized carbons (Fsp3) is 0.125. The van der Waals surface area contributed by atoms with Crippen LogP contribution in [0.3, 0.4) is 0 Å². The van der Waals surface area contributed by atoms with Gasteiger partial charge in [0, 0.05) is 11.6 Å². The van der Waals surface area contributed by atoms with E-state index < -0.39 is 17.8 Å². The monoisotopic (exact) mass is 349 g/mol. The Morgan fingerprint density at radius 2 is 1.92 bits per heavy atom. The highest BCUT2D eigenvalue weighted by atomic mass is 32.1. The smallest absolute Gasteiger partial charge is 0.332 e. The lowest BCUT2D eigenvalue weighted by Crippen LogP contribution is -2.36. The van der Waals surface area contributed by atoms with Gasteiger partial charge in [-0.05, 0) is 36.4 Å². The summed E-state index contributed by atoms with van der Waals surface area (Å²) in [5.41, 5.74) is 5.97. The Bertz CT molecular complexity index is 725. The van der Waals surface area contributed by atoms with Crippen molar-refractivity contribution in [2.75, 3.05) is 17.5 Å². The van der Waals surface area contributed by atoms with Crippen LogP contribution in [-0.4, -0.2) is 25.1 Å². The van der Waals surface area contributed by atoms with Crippen molar-refractivity contribution in [2.24, 2.45) is 5.73 Å². The topological polar surface area (TPSA) is 84.7 Å². The molecule has 0 saturated carbocycles. The molecule has 0 spiro atoms. The number of halogens is 1. The number of thiol groups is 1. The van der Waals surface area contributed by atoms with Crippen molar-refractivity contribution in [1.29, 1.82) is 0 Å². The molecule has 0 saturated heterocycles. The van der Waals surface area contributed by atoms with E-state index in [-0.39, 0.29) is 13.2 Å². The van der Waals surface area contributed by atoms with Crippen LogP contribution in [0.1, 0.15) is 10.4 Å². The highest BCUT2D eigenvalue weighted by molar-refractivity contribution is 7.82. The van der Waals surface area contributed by atoms with Gasteiger partial charge in [-0.15, -0.1) is 0 Å². The molecular formula is C16H16FN3O3S. The lowest BCUT2D eigenvalue weighted by atomic mass is 10.2. The number of amides is 3. The minimum atomic E-state index is -0.550. The first-order valence-electron chi connectivity index (χ1n) is 7.02. The van der Waals surface area contributed by atoms with Gasteiger partial charge in [0.05, 0.1) is 12.2 Å². The molecule has 126 valence electrons. The van der Waals surface area contributed by atoms with E-state index in [9.17, 15) is 14.0 Å². The van der Waals surface area contributed by atoms with E-state index in [2.05, 4.69) is 18.1 Å². The van der Waals surface area contributed by atoms with Crippen molar-refractivity contribution in [3.63, 3.8) is 0 Å². The predicted molar refractivity (Wildman–Crippen MR) is 91.7 cm³/mol. The van der Waals surface area contributed by atoms with E-state index >= 15 is 0 Å². The van der Waals surface area contributed by atoms with Crippen molar-refractivity contribution in [3.05, 3.63) is 59.9 Å². The minimum absolute atomic E-state index is 0.178. The van der Waals surface area contributed by atoms with Crippen LogP contribution in [0.15, 0.2) is 48.5 Å². The Morgan fingerprint density at radius 1 is 1.21 bits per heavy atom. The number of nitrogens with one attached hydrogen (secondary N) is 1. The molecule has 2 aromatic rings. The first kappa shape index (κ1) is 17.6. The van der Waals surface area contributed by atoms with E-state index in [1.807, 2.05) is 0 Å². The number of rotatable bonds is 6. The van der Waals surface area contributed by atoms with E-state index in [0.717, 1.165) is 4.31 Å². The zero-order valence-corrected chi connectivity index (χ0v) is 13.5. The van der Waals surface area contributed by atoms with Crippen molar-refractivity contribution in [3.8, 4) is 5.75 Å². The number of anilines is 1. The molecule has 0 fully saturated rings. The van der Waals surface area contributed by atoms with Gasteiger partial charge in [0.1, 0.15) is 18.2 Å². The third-order valence-electron chi connectivity index (χ3n) is 3.03. The average molecular weight is 349 g/mol. The molecule has 3 N–H and O–H groups in total. The number of primary amides is 1. The van der Waals surface area contributed by atoms with Crippen LogP contribution in [0, 0.1) is 5.82 Å². The van der Waals surface area contributed by atoms with Crippen molar-refractivity contribution in [1.82, 2.24) is 5.32 Å². The number of benzene rings is 2. The maximum absolute atomic E-state index is 13.0. The number of nitrogens with zero attached hydrogens (tertiary/aromatic N) is 1. The number of hydrogen-bond acceptors (Lipinski definition) is 4. The van der Waals surface area contributed by atoms with Crippen LogP contribution in [0.5, 0.6) is 5.75 Å². The predicted octanol–water partition coefficient (Wildman–Crippen LogP) is 2.36. The normalized spacial score (nSPS) is 10.1. The summed E-state index contributed by atoms with van der Waals surface area (Å²) in [4.78, 5) is 23.0. The molecule has 0 atom stereocenters. The highest BCUT2D eigenvalue weighted by Gasteiger charge is 2.12. The molecule has 0 unspecified atom stereocenters. The molecular weight excluding hydrogens is 333 g/mol. The van der Waals surface area contributed by atoms with Gasteiger partial charge >= 0.3 is 6.03 Å². The number of urea groups is 1. The lowest BCUT2D eigenvalue weighted by Gasteiger charge is -2.17. The summed E-state index contributed by atoms with van der Waals surface area (Å²) >= 11 is 4.10. The van der Waals surface area contributed by atoms with E-state index in [0.29, 0.717) is 17.0 Å². The summed E-state index contributed by atoms with van der Waals surface area (Å²) in [5.74, 6) is -0.558. The Hall–Kier alpha value is -2.74. The number of hydrogen-bond donors (Lipinski definition) is 3. The van der Waals surface area contributed by atoms with Crippen LogP contribution >= 0.6 is 12.8 Å². The maximum Gasteiger partial charge on any atom is 0.332 e. The third kappa shape index (κ3) is 4.88. The zero-order chi connectivity index (χ0) is 17.5. The quantitative estimate of drug-likeness (QED) is 0.553. The SMILES string of the molecule is NC(=O)c1ccc(N(S)C(=O)NCCOc2cccc(F)c2)cc1. The van der Waals surface area contributed by atoms with Gasteiger partial charge in [-0.25, -0.2) is 13.5 Å². The van der Waals surface area contributed by atoms with Crippen LogP contribution < -0.4 is 20.1 Å². The molecule has 2 rings (SSSR count). The molecule has 24 heavy (non-hydrogen) atoms. The molecule has 2 aromatic carbocycles. The fourth-order valence-electron chi connectivity index (χ4n) is 1.84. The number of ether oxygens (including phenoxy) is 1. The lowest BCUT2D eigenvalue weighted by molar-refractivity contribution is 0.100. The summed E-state index contributed by atoms with van der Waals surface area (Å²) in [6.45, 7) is 0.392.